The van der Waals surface area contributed by atoms with E-state index in [1.54, 1.807) is 0 Å². The molecule has 2 aromatic rings. The van der Waals surface area contributed by atoms with Gasteiger partial charge in [-0.15, -0.1) is 12.4 Å². The lowest BCUT2D eigenvalue weighted by molar-refractivity contribution is 0.669. The van der Waals surface area contributed by atoms with E-state index in [1.165, 1.54) is 23.4 Å². The second-order valence-electron chi connectivity index (χ2n) is 4.87. The van der Waals surface area contributed by atoms with Crippen LogP contribution in [0.2, 0.25) is 0 Å². The van der Waals surface area contributed by atoms with Crippen molar-refractivity contribution in [2.75, 3.05) is 17.2 Å². The van der Waals surface area contributed by atoms with Gasteiger partial charge in [0.15, 0.2) is 0 Å². The molecule has 0 radical (unpaired) electrons. The second kappa shape index (κ2) is 5.53. The zero-order valence-electron chi connectivity index (χ0n) is 11.0. The normalized spacial score (nSPS) is 13.8. The van der Waals surface area contributed by atoms with Crippen molar-refractivity contribution in [3.63, 3.8) is 0 Å². The maximum atomic E-state index is 6.06. The van der Waals surface area contributed by atoms with Gasteiger partial charge in [0.25, 0.3) is 0 Å². The van der Waals surface area contributed by atoms with Crippen LogP contribution < -0.4 is 10.6 Å². The fourth-order valence-corrected chi connectivity index (χ4v) is 2.62. The molecule has 2 N–H and O–H groups in total. The van der Waals surface area contributed by atoms with Crippen molar-refractivity contribution in [1.29, 1.82) is 0 Å². The number of nitrogen functional groups attached to an aromatic ring is 1. The van der Waals surface area contributed by atoms with Gasteiger partial charge in [-0.05, 0) is 30.5 Å². The summed E-state index contributed by atoms with van der Waals surface area (Å²) in [7, 11) is 2.03. The van der Waals surface area contributed by atoms with E-state index in [0.29, 0.717) is 0 Å². The topological polar surface area (TPSA) is 47.1 Å². The third-order valence-corrected chi connectivity index (χ3v) is 3.65. The van der Waals surface area contributed by atoms with Crippen molar-refractivity contribution in [3.05, 3.63) is 42.0 Å². The van der Waals surface area contributed by atoms with Gasteiger partial charge >= 0.3 is 0 Å². The molecule has 0 aliphatic carbocycles. The fraction of sp³-hybridized carbons (Fsp3) is 0.357. The second-order valence-corrected chi connectivity index (χ2v) is 4.87. The number of nitrogens with zero attached hydrogens (tertiary/aromatic N) is 3. The van der Waals surface area contributed by atoms with Crippen LogP contribution in [0.4, 0.5) is 11.4 Å². The smallest absolute Gasteiger partial charge is 0.0946 e. The Morgan fingerprint density at radius 2 is 2.21 bits per heavy atom. The van der Waals surface area contributed by atoms with Crippen LogP contribution in [0, 0.1) is 0 Å². The predicted octanol–water partition coefficient (Wildman–Crippen LogP) is 2.38. The summed E-state index contributed by atoms with van der Waals surface area (Å²) in [5.74, 6) is 0. The Kier molecular flexibility index (Phi) is 4.00. The van der Waals surface area contributed by atoms with Gasteiger partial charge in [-0.25, -0.2) is 4.98 Å². The van der Waals surface area contributed by atoms with E-state index in [4.69, 9.17) is 5.73 Å². The fourth-order valence-electron chi connectivity index (χ4n) is 2.62. The minimum atomic E-state index is 0. The molecular formula is C14H19ClN4. The van der Waals surface area contributed by atoms with Crippen molar-refractivity contribution >= 4 is 23.8 Å². The van der Waals surface area contributed by atoms with Gasteiger partial charge in [0.1, 0.15) is 0 Å². The third kappa shape index (κ3) is 2.54. The molecule has 102 valence electrons. The van der Waals surface area contributed by atoms with Gasteiger partial charge in [-0.3, -0.25) is 0 Å². The lowest BCUT2D eigenvalue weighted by Gasteiger charge is -2.32. The number of benzene rings is 1. The Bertz CT molecular complexity index is 564. The lowest BCUT2D eigenvalue weighted by Crippen LogP contribution is -2.30. The van der Waals surface area contributed by atoms with E-state index >= 15 is 0 Å². The maximum Gasteiger partial charge on any atom is 0.0946 e. The molecule has 2 heterocycles. The summed E-state index contributed by atoms with van der Waals surface area (Å²) >= 11 is 0. The molecule has 1 aromatic carbocycles. The first-order chi connectivity index (χ1) is 8.75. The molecule has 5 heteroatoms. The summed E-state index contributed by atoms with van der Waals surface area (Å²) in [4.78, 5) is 6.57. The highest BCUT2D eigenvalue weighted by Crippen LogP contribution is 2.32. The van der Waals surface area contributed by atoms with Crippen molar-refractivity contribution in [2.24, 2.45) is 7.05 Å². The summed E-state index contributed by atoms with van der Waals surface area (Å²) in [6.45, 7) is 1.98. The molecule has 0 fully saturated rings. The lowest BCUT2D eigenvalue weighted by atomic mass is 10.00. The number of imidazole rings is 1. The first kappa shape index (κ1) is 13.7. The maximum absolute atomic E-state index is 6.06. The van der Waals surface area contributed by atoms with E-state index < -0.39 is 0 Å². The number of hydrogen-bond acceptors (Lipinski definition) is 3. The molecule has 0 atom stereocenters. The molecule has 1 aliphatic heterocycles. The molecule has 19 heavy (non-hydrogen) atoms. The van der Waals surface area contributed by atoms with Crippen LogP contribution in [0.3, 0.4) is 0 Å². The zero-order valence-corrected chi connectivity index (χ0v) is 11.9. The monoisotopic (exact) mass is 278 g/mol. The summed E-state index contributed by atoms with van der Waals surface area (Å²) in [6.07, 6.45) is 6.03. The van der Waals surface area contributed by atoms with Crippen LogP contribution in [-0.2, 0) is 20.0 Å². The van der Waals surface area contributed by atoms with Crippen LogP contribution in [0.1, 0.15) is 17.7 Å². The standard InChI is InChI=1S/C14H18N4.ClH/c1-17-10-16-8-11(17)9-18-7-3-4-12-13(15)5-2-6-14(12)18;/h2,5-6,8,10H,3-4,7,9,15H2,1H3;1H. The van der Waals surface area contributed by atoms with Gasteiger partial charge in [0, 0.05) is 31.2 Å². The quantitative estimate of drug-likeness (QED) is 0.858. The van der Waals surface area contributed by atoms with Crippen LogP contribution in [0.25, 0.3) is 0 Å². The number of hydrogen-bond donors (Lipinski definition) is 1. The van der Waals surface area contributed by atoms with Gasteiger partial charge in [-0.1, -0.05) is 6.07 Å². The molecule has 0 spiro atoms. The summed E-state index contributed by atoms with van der Waals surface area (Å²) in [6, 6.07) is 6.20. The van der Waals surface area contributed by atoms with Gasteiger partial charge < -0.3 is 15.2 Å². The van der Waals surface area contributed by atoms with Gasteiger partial charge in [0.05, 0.1) is 18.6 Å². The van der Waals surface area contributed by atoms with Gasteiger partial charge in [0.2, 0.25) is 0 Å². The van der Waals surface area contributed by atoms with Crippen molar-refractivity contribution in [1.82, 2.24) is 9.55 Å². The molecule has 0 saturated carbocycles. The highest BCUT2D eigenvalue weighted by molar-refractivity contribution is 5.85. The molecular weight excluding hydrogens is 260 g/mol. The molecule has 1 aromatic heterocycles. The molecule has 1 aliphatic rings. The van der Waals surface area contributed by atoms with E-state index in [1.807, 2.05) is 31.7 Å². The number of fused-ring (bicyclic) bond motifs is 1. The number of aromatic nitrogens is 2. The molecule has 0 amide bonds. The highest BCUT2D eigenvalue weighted by atomic mass is 35.5. The Balaban J connectivity index is 0.00000133. The number of rotatable bonds is 2. The largest absolute Gasteiger partial charge is 0.398 e. The van der Waals surface area contributed by atoms with Crippen molar-refractivity contribution in [3.8, 4) is 0 Å². The molecule has 0 saturated heterocycles. The SMILES string of the molecule is Cl.Cn1cncc1CN1CCCc2c(N)cccc21. The zero-order chi connectivity index (χ0) is 12.5. The van der Waals surface area contributed by atoms with E-state index in [0.717, 1.165) is 25.2 Å². The number of aryl methyl sites for hydroxylation is 1. The average molecular weight is 279 g/mol. The van der Waals surface area contributed by atoms with Crippen LogP contribution in [0.5, 0.6) is 0 Å². The minimum Gasteiger partial charge on any atom is -0.398 e. The predicted molar refractivity (Wildman–Crippen MR) is 80.7 cm³/mol. The van der Waals surface area contributed by atoms with E-state index in [9.17, 15) is 0 Å². The first-order valence-electron chi connectivity index (χ1n) is 6.33. The Morgan fingerprint density at radius 1 is 1.37 bits per heavy atom. The highest BCUT2D eigenvalue weighted by Gasteiger charge is 2.19. The minimum absolute atomic E-state index is 0. The summed E-state index contributed by atoms with van der Waals surface area (Å²) in [5.41, 5.74) is 10.8. The first-order valence-corrected chi connectivity index (χ1v) is 6.33. The third-order valence-electron chi connectivity index (χ3n) is 3.65. The number of halogens is 1. The summed E-state index contributed by atoms with van der Waals surface area (Å²) < 4.78 is 2.07. The Morgan fingerprint density at radius 3 is 2.95 bits per heavy atom. The van der Waals surface area contributed by atoms with Crippen molar-refractivity contribution in [2.45, 2.75) is 19.4 Å². The van der Waals surface area contributed by atoms with E-state index in [2.05, 4.69) is 20.5 Å². The Labute approximate surface area is 119 Å². The van der Waals surface area contributed by atoms with Gasteiger partial charge in [-0.2, -0.15) is 0 Å². The van der Waals surface area contributed by atoms with E-state index in [-0.39, 0.29) is 12.4 Å². The molecule has 0 unspecified atom stereocenters. The number of nitrogens with two attached hydrogens (primary N) is 1. The molecule has 3 rings (SSSR count). The molecule has 0 bridgehead atoms. The molecule has 4 nitrogen and oxygen atoms in total. The average Bonchev–Trinajstić information content (AvgIpc) is 2.77. The number of anilines is 2. The van der Waals surface area contributed by atoms with Crippen molar-refractivity contribution < 1.29 is 0 Å². The van der Waals surface area contributed by atoms with Crippen LogP contribution in [-0.4, -0.2) is 16.1 Å². The summed E-state index contributed by atoms with van der Waals surface area (Å²) in [5, 5.41) is 0. The van der Waals surface area contributed by atoms with Crippen LogP contribution >= 0.6 is 12.4 Å². The van der Waals surface area contributed by atoms with Crippen LogP contribution in [0.15, 0.2) is 30.7 Å². The Hall–Kier alpha value is -1.68.